The van der Waals surface area contributed by atoms with Crippen LogP contribution in [0.4, 0.5) is 0 Å². The average molecular weight is 329 g/mol. The average Bonchev–Trinajstić information content (AvgIpc) is 2.78. The normalized spacial score (nSPS) is 12.6. The third-order valence-corrected chi connectivity index (χ3v) is 3.82. The number of hydrogen-bond donors (Lipinski definition) is 1. The molecule has 0 saturated heterocycles. The van der Waals surface area contributed by atoms with Gasteiger partial charge in [0.2, 0.25) is 0 Å². The molecule has 0 fully saturated rings. The van der Waals surface area contributed by atoms with E-state index in [1.807, 2.05) is 30.3 Å². The van der Waals surface area contributed by atoms with Gasteiger partial charge in [0, 0.05) is 5.02 Å². The van der Waals surface area contributed by atoms with Crippen molar-refractivity contribution in [3.63, 3.8) is 0 Å². The van der Waals surface area contributed by atoms with Crippen molar-refractivity contribution in [1.82, 2.24) is 5.32 Å². The van der Waals surface area contributed by atoms with Crippen LogP contribution in [0.3, 0.4) is 0 Å². The molecule has 0 aliphatic heterocycles. The highest BCUT2D eigenvalue weighted by molar-refractivity contribution is 9.10. The van der Waals surface area contributed by atoms with Crippen molar-refractivity contribution in [1.29, 1.82) is 0 Å². The van der Waals surface area contributed by atoms with Crippen molar-refractivity contribution in [3.8, 4) is 0 Å². The lowest BCUT2D eigenvalue weighted by molar-refractivity contribution is 0.414. The zero-order valence-corrected chi connectivity index (χ0v) is 12.5. The van der Waals surface area contributed by atoms with E-state index in [0.717, 1.165) is 33.8 Å². The van der Waals surface area contributed by atoms with Gasteiger partial charge in [-0.2, -0.15) is 0 Å². The summed E-state index contributed by atoms with van der Waals surface area (Å²) in [7, 11) is 0. The molecule has 0 aliphatic carbocycles. The van der Waals surface area contributed by atoms with Gasteiger partial charge in [0.05, 0.1) is 16.8 Å². The molecule has 1 unspecified atom stereocenters. The quantitative estimate of drug-likeness (QED) is 0.868. The summed E-state index contributed by atoms with van der Waals surface area (Å²) in [5.41, 5.74) is 1.12. The minimum absolute atomic E-state index is 0.124. The number of rotatable bonds is 5. The van der Waals surface area contributed by atoms with E-state index >= 15 is 0 Å². The van der Waals surface area contributed by atoms with E-state index in [1.165, 1.54) is 0 Å². The minimum Gasteiger partial charge on any atom is -0.466 e. The van der Waals surface area contributed by atoms with E-state index in [1.54, 1.807) is 6.26 Å². The summed E-state index contributed by atoms with van der Waals surface area (Å²) in [6, 6.07) is 9.94. The van der Waals surface area contributed by atoms with E-state index in [4.69, 9.17) is 16.0 Å². The van der Waals surface area contributed by atoms with Gasteiger partial charge in [0.1, 0.15) is 5.76 Å². The number of likely N-dealkylation sites (N-methyl/N-ethyl adjacent to an activating group) is 1. The van der Waals surface area contributed by atoms with Crippen LogP contribution in [0.2, 0.25) is 5.02 Å². The first-order valence-electron chi connectivity index (χ1n) is 5.92. The summed E-state index contributed by atoms with van der Waals surface area (Å²) >= 11 is 9.70. The van der Waals surface area contributed by atoms with Crippen molar-refractivity contribution in [2.45, 2.75) is 19.4 Å². The first-order chi connectivity index (χ1) is 8.72. The maximum Gasteiger partial charge on any atom is 0.135 e. The largest absolute Gasteiger partial charge is 0.466 e. The van der Waals surface area contributed by atoms with Crippen molar-refractivity contribution < 1.29 is 4.42 Å². The van der Waals surface area contributed by atoms with E-state index in [0.29, 0.717) is 0 Å². The first kappa shape index (κ1) is 13.7. The van der Waals surface area contributed by atoms with Gasteiger partial charge in [-0.25, -0.2) is 0 Å². The molecule has 1 heterocycles. The minimum atomic E-state index is 0.124. The maximum atomic E-state index is 6.20. The second kappa shape index (κ2) is 6.41. The van der Waals surface area contributed by atoms with Gasteiger partial charge >= 0.3 is 0 Å². The SMILES string of the molecule is CCNC(Cc1ccccc1Cl)c1occc1Br. The lowest BCUT2D eigenvalue weighted by Crippen LogP contribution is -2.23. The Morgan fingerprint density at radius 2 is 2.11 bits per heavy atom. The maximum absolute atomic E-state index is 6.20. The van der Waals surface area contributed by atoms with Gasteiger partial charge in [-0.05, 0) is 46.6 Å². The third-order valence-electron chi connectivity index (χ3n) is 2.79. The zero-order chi connectivity index (χ0) is 13.0. The molecule has 0 amide bonds. The molecule has 0 spiro atoms. The molecule has 2 aromatic rings. The van der Waals surface area contributed by atoms with Crippen LogP contribution in [0.1, 0.15) is 24.3 Å². The molecule has 0 saturated carbocycles. The molecule has 96 valence electrons. The molecule has 0 aliphatic rings. The summed E-state index contributed by atoms with van der Waals surface area (Å²) in [6.45, 7) is 2.96. The van der Waals surface area contributed by atoms with Gasteiger partial charge in [-0.15, -0.1) is 0 Å². The van der Waals surface area contributed by atoms with Crippen LogP contribution in [0, 0.1) is 0 Å². The molecule has 0 radical (unpaired) electrons. The van der Waals surface area contributed by atoms with Gasteiger partial charge in [-0.3, -0.25) is 0 Å². The third kappa shape index (κ3) is 3.16. The van der Waals surface area contributed by atoms with Crippen molar-refractivity contribution in [2.24, 2.45) is 0 Å². The summed E-state index contributed by atoms with van der Waals surface area (Å²) in [4.78, 5) is 0. The topological polar surface area (TPSA) is 25.2 Å². The molecule has 2 nitrogen and oxygen atoms in total. The Morgan fingerprint density at radius 3 is 2.72 bits per heavy atom. The molecule has 0 bridgehead atoms. The van der Waals surface area contributed by atoms with Gasteiger partial charge in [-0.1, -0.05) is 36.7 Å². The van der Waals surface area contributed by atoms with E-state index in [-0.39, 0.29) is 6.04 Å². The molecule has 1 aromatic carbocycles. The lowest BCUT2D eigenvalue weighted by atomic mass is 10.0. The van der Waals surface area contributed by atoms with Crippen LogP contribution >= 0.6 is 27.5 Å². The molecule has 1 N–H and O–H groups in total. The Hall–Kier alpha value is -0.770. The zero-order valence-electron chi connectivity index (χ0n) is 10.1. The van der Waals surface area contributed by atoms with Crippen LogP contribution in [-0.4, -0.2) is 6.54 Å². The fraction of sp³-hybridized carbons (Fsp3) is 0.286. The molecule has 1 aromatic heterocycles. The van der Waals surface area contributed by atoms with Gasteiger partial charge in [0.25, 0.3) is 0 Å². The van der Waals surface area contributed by atoms with Crippen molar-refractivity contribution >= 4 is 27.5 Å². The van der Waals surface area contributed by atoms with E-state index < -0.39 is 0 Å². The second-order valence-electron chi connectivity index (χ2n) is 4.04. The number of halogens is 2. The highest BCUT2D eigenvalue weighted by Crippen LogP contribution is 2.29. The molecule has 1 atom stereocenters. The summed E-state index contributed by atoms with van der Waals surface area (Å²) in [5.74, 6) is 0.914. The van der Waals surface area contributed by atoms with Crippen LogP contribution in [-0.2, 0) is 6.42 Å². The fourth-order valence-electron chi connectivity index (χ4n) is 1.94. The Labute approximate surface area is 120 Å². The lowest BCUT2D eigenvalue weighted by Gasteiger charge is -2.17. The van der Waals surface area contributed by atoms with E-state index in [9.17, 15) is 0 Å². The van der Waals surface area contributed by atoms with Crippen molar-refractivity contribution in [3.05, 3.63) is 57.4 Å². The fourth-order valence-corrected chi connectivity index (χ4v) is 2.63. The predicted molar refractivity (Wildman–Crippen MR) is 78.0 cm³/mol. The molecular formula is C14H15BrClNO. The number of benzene rings is 1. The van der Waals surface area contributed by atoms with Crippen LogP contribution < -0.4 is 5.32 Å². The van der Waals surface area contributed by atoms with Gasteiger partial charge < -0.3 is 9.73 Å². The second-order valence-corrected chi connectivity index (χ2v) is 5.30. The molecule has 18 heavy (non-hydrogen) atoms. The predicted octanol–water partition coefficient (Wildman–Crippen LogP) is 4.59. The summed E-state index contributed by atoms with van der Waals surface area (Å²) in [5, 5.41) is 4.21. The Bertz CT molecular complexity index is 512. The Balaban J connectivity index is 2.22. The first-order valence-corrected chi connectivity index (χ1v) is 7.09. The van der Waals surface area contributed by atoms with Crippen molar-refractivity contribution in [2.75, 3.05) is 6.54 Å². The highest BCUT2D eigenvalue weighted by Gasteiger charge is 2.18. The number of nitrogens with one attached hydrogen (secondary N) is 1. The van der Waals surface area contributed by atoms with Crippen LogP contribution in [0.5, 0.6) is 0 Å². The van der Waals surface area contributed by atoms with Crippen LogP contribution in [0.15, 0.2) is 45.5 Å². The summed E-state index contributed by atoms with van der Waals surface area (Å²) < 4.78 is 6.53. The highest BCUT2D eigenvalue weighted by atomic mass is 79.9. The molecule has 2 rings (SSSR count). The summed E-state index contributed by atoms with van der Waals surface area (Å²) in [6.07, 6.45) is 2.50. The molecule has 4 heteroatoms. The standard InChI is InChI=1S/C14H15BrClNO/c1-2-17-13(14-11(15)7-8-18-14)9-10-5-3-4-6-12(10)16/h3-8,13,17H,2,9H2,1H3. The van der Waals surface area contributed by atoms with Crippen LogP contribution in [0.25, 0.3) is 0 Å². The number of furan rings is 1. The number of hydrogen-bond acceptors (Lipinski definition) is 2. The van der Waals surface area contributed by atoms with Gasteiger partial charge in [0.15, 0.2) is 0 Å². The Morgan fingerprint density at radius 1 is 1.33 bits per heavy atom. The smallest absolute Gasteiger partial charge is 0.135 e. The molecular weight excluding hydrogens is 314 g/mol. The Kier molecular flexibility index (Phi) is 4.87. The monoisotopic (exact) mass is 327 g/mol. The van der Waals surface area contributed by atoms with E-state index in [2.05, 4.69) is 28.2 Å².